The largest absolute Gasteiger partial charge is 0.417 e. The summed E-state index contributed by atoms with van der Waals surface area (Å²) in [4.78, 5) is 6.06. The molecule has 2 aliphatic carbocycles. The van der Waals surface area contributed by atoms with Crippen molar-refractivity contribution in [2.75, 3.05) is 4.90 Å². The highest BCUT2D eigenvalue weighted by Crippen LogP contribution is 2.40. The molecule has 4 aromatic rings. The molecule has 2 heterocycles. The molecule has 0 radical (unpaired) electrons. The second kappa shape index (κ2) is 7.40. The molecule has 170 valence electrons. The van der Waals surface area contributed by atoms with E-state index in [9.17, 15) is 13.2 Å². The Labute approximate surface area is 189 Å². The average Bonchev–Trinajstić information content (AvgIpc) is 3.43. The molecular formula is C26H25F3N4. The number of hydrogen-bond donors (Lipinski definition) is 2. The van der Waals surface area contributed by atoms with Crippen LogP contribution in [0, 0.1) is 6.92 Å². The van der Waals surface area contributed by atoms with Gasteiger partial charge in [-0.25, -0.2) is 0 Å². The predicted molar refractivity (Wildman–Crippen MR) is 123 cm³/mol. The number of H-pyrrole nitrogens is 2. The third-order valence-corrected chi connectivity index (χ3v) is 7.08. The van der Waals surface area contributed by atoms with Crippen molar-refractivity contribution in [2.45, 2.75) is 57.3 Å². The van der Waals surface area contributed by atoms with Crippen LogP contribution in [-0.2, 0) is 19.0 Å². The molecule has 1 saturated carbocycles. The number of aryl methyl sites for hydroxylation is 2. The van der Waals surface area contributed by atoms with Gasteiger partial charge < -0.3 is 9.88 Å². The molecule has 0 bridgehead atoms. The molecule has 2 aliphatic rings. The maximum absolute atomic E-state index is 13.6. The van der Waals surface area contributed by atoms with Crippen molar-refractivity contribution in [1.29, 1.82) is 0 Å². The summed E-state index contributed by atoms with van der Waals surface area (Å²) in [6, 6.07) is 14.3. The van der Waals surface area contributed by atoms with Crippen LogP contribution >= 0.6 is 0 Å². The van der Waals surface area contributed by atoms with Gasteiger partial charge in [-0.05, 0) is 80.0 Å². The lowest BCUT2D eigenvalue weighted by atomic mass is 9.90. The van der Waals surface area contributed by atoms with Crippen molar-refractivity contribution in [3.63, 3.8) is 0 Å². The second-order valence-electron chi connectivity index (χ2n) is 9.31. The Bertz CT molecular complexity index is 1330. The first kappa shape index (κ1) is 20.4. The van der Waals surface area contributed by atoms with E-state index in [1.165, 1.54) is 30.2 Å². The number of rotatable bonds is 4. The normalized spacial score (nSPS) is 18.5. The number of aromatic nitrogens is 3. The van der Waals surface area contributed by atoms with Crippen LogP contribution in [0.4, 0.5) is 19.0 Å². The van der Waals surface area contributed by atoms with Crippen molar-refractivity contribution >= 4 is 16.7 Å². The number of hydrogen-bond acceptors (Lipinski definition) is 2. The summed E-state index contributed by atoms with van der Waals surface area (Å²) in [5.41, 5.74) is 4.80. The Morgan fingerprint density at radius 3 is 2.61 bits per heavy atom. The summed E-state index contributed by atoms with van der Waals surface area (Å²) in [6.07, 6.45) is 0.941. The van der Waals surface area contributed by atoms with Crippen molar-refractivity contribution in [3.8, 4) is 11.1 Å². The van der Waals surface area contributed by atoms with Gasteiger partial charge in [0.15, 0.2) is 0 Å². The van der Waals surface area contributed by atoms with Crippen molar-refractivity contribution < 1.29 is 13.2 Å². The van der Waals surface area contributed by atoms with E-state index < -0.39 is 11.7 Å². The van der Waals surface area contributed by atoms with Crippen molar-refractivity contribution in [1.82, 2.24) is 15.2 Å². The minimum absolute atomic E-state index is 0.212. The van der Waals surface area contributed by atoms with Gasteiger partial charge in [-0.2, -0.15) is 18.3 Å². The Kier molecular flexibility index (Phi) is 4.57. The van der Waals surface area contributed by atoms with E-state index >= 15 is 0 Å². The monoisotopic (exact) mass is 450 g/mol. The van der Waals surface area contributed by atoms with Gasteiger partial charge in [0.05, 0.1) is 11.3 Å². The Morgan fingerprint density at radius 2 is 1.82 bits per heavy atom. The molecule has 6 rings (SSSR count). The molecular weight excluding hydrogens is 425 g/mol. The van der Waals surface area contributed by atoms with E-state index in [0.29, 0.717) is 17.6 Å². The number of nitrogens with one attached hydrogen (secondary N) is 2. The molecule has 1 atom stereocenters. The van der Waals surface area contributed by atoms with Crippen LogP contribution in [0.3, 0.4) is 0 Å². The van der Waals surface area contributed by atoms with Gasteiger partial charge in [0.1, 0.15) is 5.82 Å². The van der Waals surface area contributed by atoms with E-state index in [-0.39, 0.29) is 5.56 Å². The van der Waals surface area contributed by atoms with E-state index in [4.69, 9.17) is 0 Å². The molecule has 1 unspecified atom stereocenters. The third kappa shape index (κ3) is 3.59. The molecule has 0 saturated heterocycles. The molecule has 7 heteroatoms. The first-order chi connectivity index (χ1) is 15.9. The highest BCUT2D eigenvalue weighted by molar-refractivity contribution is 5.89. The van der Waals surface area contributed by atoms with E-state index in [2.05, 4.69) is 33.1 Å². The lowest BCUT2D eigenvalue weighted by Gasteiger charge is -2.35. The molecule has 4 nitrogen and oxygen atoms in total. The van der Waals surface area contributed by atoms with Gasteiger partial charge in [-0.1, -0.05) is 24.3 Å². The molecule has 33 heavy (non-hydrogen) atoms. The zero-order valence-electron chi connectivity index (χ0n) is 18.3. The van der Waals surface area contributed by atoms with Gasteiger partial charge in [0.2, 0.25) is 0 Å². The van der Waals surface area contributed by atoms with Crippen molar-refractivity contribution in [2.24, 2.45) is 0 Å². The van der Waals surface area contributed by atoms with E-state index in [1.807, 2.05) is 12.1 Å². The van der Waals surface area contributed by atoms with Crippen LogP contribution in [-0.4, -0.2) is 27.3 Å². The average molecular weight is 451 g/mol. The summed E-state index contributed by atoms with van der Waals surface area (Å²) >= 11 is 0. The Morgan fingerprint density at radius 1 is 1.00 bits per heavy atom. The van der Waals surface area contributed by atoms with Gasteiger partial charge in [0.25, 0.3) is 0 Å². The van der Waals surface area contributed by atoms with Crippen LogP contribution in [0.1, 0.15) is 41.8 Å². The first-order valence-electron chi connectivity index (χ1n) is 11.5. The maximum atomic E-state index is 13.6. The standard InChI is InChI=1S/C26H25F3N4/c1-15-21-14-19(9-11-24(21)32-31-15)33(18-7-8-18)25-13-17-12-16(6-10-23(17)30-25)20-4-2-3-5-22(20)26(27,28)29/h2-6,10,12-13,18-19,30H,7-9,11,14H2,1H3,(H,31,32). The number of nitrogens with zero attached hydrogens (tertiary/aromatic N) is 2. The number of alkyl halides is 3. The summed E-state index contributed by atoms with van der Waals surface area (Å²) in [5.74, 6) is 1.06. The fourth-order valence-electron chi connectivity index (χ4n) is 5.31. The summed E-state index contributed by atoms with van der Waals surface area (Å²) in [5, 5.41) is 8.51. The van der Waals surface area contributed by atoms with Crippen molar-refractivity contribution in [3.05, 3.63) is 71.0 Å². The molecule has 0 aliphatic heterocycles. The van der Waals surface area contributed by atoms with E-state index in [1.54, 1.807) is 18.2 Å². The highest BCUT2D eigenvalue weighted by Gasteiger charge is 2.37. The lowest BCUT2D eigenvalue weighted by molar-refractivity contribution is -0.137. The quantitative estimate of drug-likeness (QED) is 0.377. The maximum Gasteiger partial charge on any atom is 0.417 e. The zero-order chi connectivity index (χ0) is 22.7. The Balaban J connectivity index is 1.36. The van der Waals surface area contributed by atoms with Gasteiger partial charge in [-0.15, -0.1) is 0 Å². The molecule has 1 fully saturated rings. The van der Waals surface area contributed by atoms with Crippen LogP contribution in [0.5, 0.6) is 0 Å². The molecule has 2 aromatic heterocycles. The van der Waals surface area contributed by atoms with Crippen LogP contribution in [0.25, 0.3) is 22.0 Å². The summed E-state index contributed by atoms with van der Waals surface area (Å²) in [6.45, 7) is 2.08. The fraction of sp³-hybridized carbons (Fsp3) is 0.346. The Hall–Kier alpha value is -3.22. The number of benzene rings is 2. The molecule has 2 aromatic carbocycles. The van der Waals surface area contributed by atoms with Gasteiger partial charge in [-0.3, -0.25) is 5.10 Å². The number of halogens is 3. The second-order valence-corrected chi connectivity index (χ2v) is 9.31. The van der Waals surface area contributed by atoms with Crippen LogP contribution in [0.2, 0.25) is 0 Å². The molecule has 0 amide bonds. The fourth-order valence-corrected chi connectivity index (χ4v) is 5.31. The SMILES string of the molecule is Cc1[nH]nc2c1CC(N(c1cc3cc(-c4ccccc4C(F)(F)F)ccc3[nH]1)C1CC1)CC2. The summed E-state index contributed by atoms with van der Waals surface area (Å²) < 4.78 is 40.7. The van der Waals surface area contributed by atoms with Crippen LogP contribution in [0.15, 0.2) is 48.5 Å². The third-order valence-electron chi connectivity index (χ3n) is 7.08. The minimum Gasteiger partial charge on any atom is -0.352 e. The number of fused-ring (bicyclic) bond motifs is 2. The predicted octanol–water partition coefficient (Wildman–Crippen LogP) is 6.41. The lowest BCUT2D eigenvalue weighted by Crippen LogP contribution is -2.41. The first-order valence-corrected chi connectivity index (χ1v) is 11.5. The van der Waals surface area contributed by atoms with Gasteiger partial charge >= 0.3 is 6.18 Å². The molecule has 2 N–H and O–H groups in total. The smallest absolute Gasteiger partial charge is 0.352 e. The topological polar surface area (TPSA) is 47.7 Å². The van der Waals surface area contributed by atoms with E-state index in [0.717, 1.165) is 47.7 Å². The highest BCUT2D eigenvalue weighted by atomic mass is 19.4. The summed E-state index contributed by atoms with van der Waals surface area (Å²) in [7, 11) is 0. The van der Waals surface area contributed by atoms with Gasteiger partial charge in [0, 0.05) is 28.7 Å². The minimum atomic E-state index is -4.39. The zero-order valence-corrected chi connectivity index (χ0v) is 18.3. The number of anilines is 1. The van der Waals surface area contributed by atoms with Crippen LogP contribution < -0.4 is 4.90 Å². The molecule has 0 spiro atoms. The number of aromatic amines is 2.